The molecule has 0 radical (unpaired) electrons. The van der Waals surface area contributed by atoms with E-state index in [-0.39, 0.29) is 4.99 Å². The molecule has 1 aliphatic carbocycles. The Labute approximate surface area is 121 Å². The van der Waals surface area contributed by atoms with Gasteiger partial charge in [0.15, 0.2) is 0 Å². The summed E-state index contributed by atoms with van der Waals surface area (Å²) in [5.74, 6) is 0.899. The Morgan fingerprint density at radius 1 is 1.42 bits per heavy atom. The quantitative estimate of drug-likeness (QED) is 0.857. The van der Waals surface area contributed by atoms with Crippen LogP contribution in [0.1, 0.15) is 23.4 Å². The summed E-state index contributed by atoms with van der Waals surface area (Å²) in [6.07, 6.45) is 5.87. The van der Waals surface area contributed by atoms with Crippen LogP contribution in [0.4, 0.5) is 5.82 Å². The van der Waals surface area contributed by atoms with Crippen molar-refractivity contribution in [2.45, 2.75) is 25.4 Å². The van der Waals surface area contributed by atoms with Crippen LogP contribution in [0.2, 0.25) is 0 Å². The fourth-order valence-corrected chi connectivity index (χ4v) is 2.76. The van der Waals surface area contributed by atoms with Gasteiger partial charge in [-0.3, -0.25) is 0 Å². The maximum absolute atomic E-state index is 5.54. The van der Waals surface area contributed by atoms with E-state index in [9.17, 15) is 0 Å². The van der Waals surface area contributed by atoms with Crippen molar-refractivity contribution in [3.63, 3.8) is 0 Å². The van der Waals surface area contributed by atoms with Crippen LogP contribution >= 0.6 is 23.6 Å². The van der Waals surface area contributed by atoms with Crippen molar-refractivity contribution in [1.29, 1.82) is 0 Å². The Hall–Kier alpha value is -1.53. The third kappa shape index (κ3) is 2.90. The van der Waals surface area contributed by atoms with E-state index in [0.717, 1.165) is 12.4 Å². The van der Waals surface area contributed by atoms with Gasteiger partial charge in [-0.1, -0.05) is 18.3 Å². The number of hydrogen-bond donors (Lipinski definition) is 1. The van der Waals surface area contributed by atoms with Crippen molar-refractivity contribution >= 4 is 34.4 Å². The van der Waals surface area contributed by atoms with Crippen LogP contribution in [0.5, 0.6) is 0 Å². The zero-order valence-electron chi connectivity index (χ0n) is 10.3. The number of aromatic nitrogens is 2. The second-order valence-corrected chi connectivity index (χ2v) is 6.03. The van der Waals surface area contributed by atoms with Crippen molar-refractivity contribution in [3.8, 4) is 0 Å². The molecule has 0 amide bonds. The predicted octanol–water partition coefficient (Wildman–Crippen LogP) is 2.34. The lowest BCUT2D eigenvalue weighted by Gasteiger charge is -2.22. The summed E-state index contributed by atoms with van der Waals surface area (Å²) in [6, 6.07) is 4.82. The number of hydrogen-bond acceptors (Lipinski definition) is 5. The van der Waals surface area contributed by atoms with E-state index in [1.807, 2.05) is 0 Å². The molecule has 1 saturated carbocycles. The van der Waals surface area contributed by atoms with Crippen molar-refractivity contribution in [2.75, 3.05) is 4.90 Å². The molecule has 2 N–H and O–H groups in total. The summed E-state index contributed by atoms with van der Waals surface area (Å²) in [5.41, 5.74) is 6.11. The van der Waals surface area contributed by atoms with Crippen LogP contribution in [0, 0.1) is 0 Å². The summed E-state index contributed by atoms with van der Waals surface area (Å²) >= 11 is 6.66. The molecule has 0 spiro atoms. The smallest absolute Gasteiger partial charge is 0.147 e. The highest BCUT2D eigenvalue weighted by molar-refractivity contribution is 7.80. The minimum atomic E-state index is 0.287. The molecule has 0 saturated heterocycles. The number of anilines is 1. The lowest BCUT2D eigenvalue weighted by atomic mass is 10.3. The average Bonchev–Trinajstić information content (AvgIpc) is 3.13. The van der Waals surface area contributed by atoms with E-state index >= 15 is 0 Å². The maximum atomic E-state index is 5.54. The lowest BCUT2D eigenvalue weighted by molar-refractivity contribution is 0.782. The highest BCUT2D eigenvalue weighted by Gasteiger charge is 2.30. The zero-order valence-corrected chi connectivity index (χ0v) is 12.0. The molecule has 0 unspecified atom stereocenters. The first kappa shape index (κ1) is 12.5. The third-order valence-corrected chi connectivity index (χ3v) is 4.15. The number of nitrogens with two attached hydrogens (primary N) is 1. The fraction of sp³-hybridized carbons (Fsp3) is 0.308. The molecule has 6 heteroatoms. The second-order valence-electron chi connectivity index (χ2n) is 4.56. The standard InChI is InChI=1S/C13H14N4S2/c14-13(18)11-6-16-12(7-15-11)17(9-3-4-9)8-10-2-1-5-19-10/h1-2,5-7,9H,3-4,8H2,(H2,14,18). The minimum absolute atomic E-state index is 0.287. The van der Waals surface area contributed by atoms with E-state index in [4.69, 9.17) is 18.0 Å². The van der Waals surface area contributed by atoms with Gasteiger partial charge in [0.1, 0.15) is 16.5 Å². The summed E-state index contributed by atoms with van der Waals surface area (Å²) < 4.78 is 0. The molecule has 3 rings (SSSR count). The molecule has 4 nitrogen and oxygen atoms in total. The molecule has 0 aliphatic heterocycles. The van der Waals surface area contributed by atoms with Gasteiger partial charge < -0.3 is 10.6 Å². The third-order valence-electron chi connectivity index (χ3n) is 3.08. The SMILES string of the molecule is NC(=S)c1cnc(N(Cc2cccs2)C2CC2)cn1. The summed E-state index contributed by atoms with van der Waals surface area (Å²) in [7, 11) is 0. The first-order valence-corrected chi connectivity index (χ1v) is 7.43. The van der Waals surface area contributed by atoms with Crippen LogP contribution in [-0.4, -0.2) is 21.0 Å². The Balaban J connectivity index is 1.81. The van der Waals surface area contributed by atoms with Gasteiger partial charge in [0.25, 0.3) is 0 Å². The molecule has 2 aromatic rings. The van der Waals surface area contributed by atoms with Crippen molar-refractivity contribution in [2.24, 2.45) is 5.73 Å². The van der Waals surface area contributed by atoms with Gasteiger partial charge in [-0.2, -0.15) is 0 Å². The van der Waals surface area contributed by atoms with Gasteiger partial charge in [-0.15, -0.1) is 11.3 Å². The molecule has 2 heterocycles. The second kappa shape index (κ2) is 5.22. The topological polar surface area (TPSA) is 55.0 Å². The van der Waals surface area contributed by atoms with Gasteiger partial charge in [0, 0.05) is 10.9 Å². The van der Waals surface area contributed by atoms with Gasteiger partial charge in [-0.05, 0) is 24.3 Å². The van der Waals surface area contributed by atoms with Crippen molar-refractivity contribution < 1.29 is 0 Å². The molecule has 0 aromatic carbocycles. The monoisotopic (exact) mass is 290 g/mol. The van der Waals surface area contributed by atoms with Crippen molar-refractivity contribution in [3.05, 3.63) is 40.5 Å². The van der Waals surface area contributed by atoms with E-state index in [2.05, 4.69) is 32.4 Å². The zero-order chi connectivity index (χ0) is 13.2. The molecular formula is C13H14N4S2. The van der Waals surface area contributed by atoms with Crippen LogP contribution < -0.4 is 10.6 Å². The number of thiocarbonyl (C=S) groups is 1. The molecular weight excluding hydrogens is 276 g/mol. The van der Waals surface area contributed by atoms with Crippen LogP contribution in [0.25, 0.3) is 0 Å². The van der Waals surface area contributed by atoms with E-state index in [1.54, 1.807) is 23.7 Å². The predicted molar refractivity (Wildman–Crippen MR) is 81.4 cm³/mol. The molecule has 1 fully saturated rings. The largest absolute Gasteiger partial charge is 0.388 e. The highest BCUT2D eigenvalue weighted by atomic mass is 32.1. The van der Waals surface area contributed by atoms with Gasteiger partial charge in [0.2, 0.25) is 0 Å². The Morgan fingerprint density at radius 3 is 2.79 bits per heavy atom. The maximum Gasteiger partial charge on any atom is 0.147 e. The van der Waals surface area contributed by atoms with Crippen LogP contribution in [0.3, 0.4) is 0 Å². The Kier molecular flexibility index (Phi) is 3.44. The molecule has 0 bridgehead atoms. The molecule has 2 aromatic heterocycles. The fourth-order valence-electron chi connectivity index (χ4n) is 1.95. The lowest BCUT2D eigenvalue weighted by Crippen LogP contribution is -2.26. The van der Waals surface area contributed by atoms with Crippen LogP contribution in [0.15, 0.2) is 29.9 Å². The van der Waals surface area contributed by atoms with E-state index in [0.29, 0.717) is 11.7 Å². The number of thiophene rings is 1. The first-order valence-electron chi connectivity index (χ1n) is 6.15. The Morgan fingerprint density at radius 2 is 2.26 bits per heavy atom. The molecule has 19 heavy (non-hydrogen) atoms. The normalized spacial score (nSPS) is 14.3. The van der Waals surface area contributed by atoms with Gasteiger partial charge in [0.05, 0.1) is 18.9 Å². The molecule has 1 aliphatic rings. The van der Waals surface area contributed by atoms with Crippen LogP contribution in [-0.2, 0) is 6.54 Å². The molecule has 0 atom stereocenters. The van der Waals surface area contributed by atoms with Gasteiger partial charge >= 0.3 is 0 Å². The average molecular weight is 290 g/mol. The Bertz CT molecular complexity index is 561. The number of rotatable bonds is 5. The highest BCUT2D eigenvalue weighted by Crippen LogP contribution is 2.32. The first-order chi connectivity index (χ1) is 9.24. The summed E-state index contributed by atoms with van der Waals surface area (Å²) in [5, 5.41) is 2.10. The van der Waals surface area contributed by atoms with E-state index < -0.39 is 0 Å². The summed E-state index contributed by atoms with van der Waals surface area (Å²) in [4.78, 5) is 12.6. The van der Waals surface area contributed by atoms with Gasteiger partial charge in [-0.25, -0.2) is 9.97 Å². The minimum Gasteiger partial charge on any atom is -0.388 e. The number of nitrogens with zero attached hydrogens (tertiary/aromatic N) is 3. The van der Waals surface area contributed by atoms with E-state index in [1.165, 1.54) is 17.7 Å². The molecule has 98 valence electrons. The van der Waals surface area contributed by atoms with Crippen molar-refractivity contribution in [1.82, 2.24) is 9.97 Å². The summed E-state index contributed by atoms with van der Waals surface area (Å²) in [6.45, 7) is 0.892.